The number of aromatic nitrogens is 1. The summed E-state index contributed by atoms with van der Waals surface area (Å²) in [6.07, 6.45) is 3.94. The van der Waals surface area contributed by atoms with Crippen LogP contribution in [0.5, 0.6) is 0 Å². The third kappa shape index (κ3) is 3.71. The van der Waals surface area contributed by atoms with Gasteiger partial charge in [0.1, 0.15) is 0 Å². The van der Waals surface area contributed by atoms with E-state index in [-0.39, 0.29) is 5.41 Å². The van der Waals surface area contributed by atoms with Crippen molar-refractivity contribution in [3.8, 4) is 44.6 Å². The molecule has 0 saturated carbocycles. The van der Waals surface area contributed by atoms with E-state index < -0.39 is 0 Å². The van der Waals surface area contributed by atoms with Gasteiger partial charge in [-0.15, -0.1) is 0 Å². The summed E-state index contributed by atoms with van der Waals surface area (Å²) in [5, 5.41) is 0. The van der Waals surface area contributed by atoms with E-state index in [1.807, 2.05) is 18.3 Å². The standard InChI is InChI=1S/C38H26BrN/c39-32-15-17-34-33-16-14-28(21-35(33)38(36(34)22-32)23-30-7-1-2-8-31(30)24-38)26-10-5-9-25(19-26)27-11-6-12-29(20-27)37-13-3-4-18-40-37/h1-22H,23-24H2. The second-order valence-corrected chi connectivity index (χ2v) is 11.9. The lowest BCUT2D eigenvalue weighted by Gasteiger charge is -2.27. The fourth-order valence-electron chi connectivity index (χ4n) is 6.91. The van der Waals surface area contributed by atoms with Crippen LogP contribution in [0.25, 0.3) is 44.6 Å². The van der Waals surface area contributed by atoms with E-state index in [4.69, 9.17) is 0 Å². The zero-order chi connectivity index (χ0) is 26.7. The van der Waals surface area contributed by atoms with Crippen molar-refractivity contribution in [1.82, 2.24) is 4.98 Å². The number of nitrogens with zero attached hydrogens (tertiary/aromatic N) is 1. The molecule has 1 spiro atoms. The molecule has 0 bridgehead atoms. The molecule has 0 N–H and O–H groups in total. The molecule has 190 valence electrons. The number of benzene rings is 5. The van der Waals surface area contributed by atoms with Gasteiger partial charge in [-0.1, -0.05) is 101 Å². The van der Waals surface area contributed by atoms with Gasteiger partial charge in [-0.3, -0.25) is 4.98 Å². The van der Waals surface area contributed by atoms with Crippen molar-refractivity contribution in [3.63, 3.8) is 0 Å². The van der Waals surface area contributed by atoms with Crippen molar-refractivity contribution in [2.75, 3.05) is 0 Å². The molecule has 2 aliphatic rings. The Morgan fingerprint density at radius 1 is 0.500 bits per heavy atom. The molecule has 5 aromatic carbocycles. The van der Waals surface area contributed by atoms with Crippen molar-refractivity contribution in [1.29, 1.82) is 0 Å². The van der Waals surface area contributed by atoms with Gasteiger partial charge in [-0.2, -0.15) is 0 Å². The normalized spacial score (nSPS) is 14.1. The van der Waals surface area contributed by atoms with Crippen LogP contribution in [0.3, 0.4) is 0 Å². The van der Waals surface area contributed by atoms with Crippen LogP contribution in [-0.2, 0) is 18.3 Å². The molecule has 6 aromatic rings. The fourth-order valence-corrected chi connectivity index (χ4v) is 7.27. The summed E-state index contributed by atoms with van der Waals surface area (Å²) in [7, 11) is 0. The van der Waals surface area contributed by atoms with Crippen LogP contribution in [0.2, 0.25) is 0 Å². The number of hydrogen-bond donors (Lipinski definition) is 0. The third-order valence-corrected chi connectivity index (χ3v) is 9.27. The predicted molar refractivity (Wildman–Crippen MR) is 168 cm³/mol. The Kier molecular flexibility index (Phi) is 5.40. The average Bonchev–Trinajstić information content (AvgIpc) is 3.53. The highest BCUT2D eigenvalue weighted by Gasteiger charge is 2.47. The molecule has 0 radical (unpaired) electrons. The summed E-state index contributed by atoms with van der Waals surface area (Å²) in [6.45, 7) is 0. The Bertz CT molecular complexity index is 1900. The monoisotopic (exact) mass is 575 g/mol. The zero-order valence-electron chi connectivity index (χ0n) is 21.9. The van der Waals surface area contributed by atoms with Crippen LogP contribution in [0.4, 0.5) is 0 Å². The molecule has 2 aliphatic carbocycles. The number of hydrogen-bond acceptors (Lipinski definition) is 1. The van der Waals surface area contributed by atoms with Crippen LogP contribution >= 0.6 is 15.9 Å². The lowest BCUT2D eigenvalue weighted by Crippen LogP contribution is -2.25. The molecule has 0 aliphatic heterocycles. The van der Waals surface area contributed by atoms with Gasteiger partial charge in [0.05, 0.1) is 5.69 Å². The first kappa shape index (κ1) is 23.6. The van der Waals surface area contributed by atoms with Crippen molar-refractivity contribution >= 4 is 15.9 Å². The minimum absolute atomic E-state index is 0.0250. The highest BCUT2D eigenvalue weighted by molar-refractivity contribution is 9.10. The van der Waals surface area contributed by atoms with Crippen LogP contribution in [0, 0.1) is 0 Å². The first-order chi connectivity index (χ1) is 19.7. The second kappa shape index (κ2) is 9.15. The Morgan fingerprint density at radius 2 is 1.07 bits per heavy atom. The highest BCUT2D eigenvalue weighted by atomic mass is 79.9. The molecular formula is C38H26BrN. The van der Waals surface area contributed by atoms with Crippen LogP contribution in [0.1, 0.15) is 22.3 Å². The quantitative estimate of drug-likeness (QED) is 0.204. The molecule has 8 rings (SSSR count). The maximum Gasteiger partial charge on any atom is 0.0702 e. The van der Waals surface area contributed by atoms with Gasteiger partial charge in [0, 0.05) is 21.6 Å². The number of halogens is 1. The van der Waals surface area contributed by atoms with E-state index in [1.54, 1.807) is 0 Å². The summed E-state index contributed by atoms with van der Waals surface area (Å²) in [5.74, 6) is 0. The Morgan fingerprint density at radius 3 is 1.75 bits per heavy atom. The maximum absolute atomic E-state index is 4.55. The van der Waals surface area contributed by atoms with Gasteiger partial charge in [0.15, 0.2) is 0 Å². The minimum Gasteiger partial charge on any atom is -0.256 e. The molecule has 0 fully saturated rings. The predicted octanol–water partition coefficient (Wildman–Crippen LogP) is 9.91. The van der Waals surface area contributed by atoms with Crippen LogP contribution in [0.15, 0.2) is 138 Å². The SMILES string of the molecule is Brc1ccc2c(c1)C1(Cc3ccccc3C1)c1cc(-c3cccc(-c4cccc(-c5ccccn5)c4)c3)ccc1-2. The van der Waals surface area contributed by atoms with E-state index in [1.165, 1.54) is 55.6 Å². The van der Waals surface area contributed by atoms with Gasteiger partial charge in [0.25, 0.3) is 0 Å². The second-order valence-electron chi connectivity index (χ2n) is 11.0. The molecule has 40 heavy (non-hydrogen) atoms. The third-order valence-electron chi connectivity index (χ3n) is 8.78. The van der Waals surface area contributed by atoms with Crippen molar-refractivity contribution in [3.05, 3.63) is 160 Å². The van der Waals surface area contributed by atoms with E-state index >= 15 is 0 Å². The number of pyridine rings is 1. The highest BCUT2D eigenvalue weighted by Crippen LogP contribution is 2.56. The summed E-state index contributed by atoms with van der Waals surface area (Å²) in [5.41, 5.74) is 15.6. The number of rotatable bonds is 3. The molecule has 0 amide bonds. The van der Waals surface area contributed by atoms with Crippen LogP contribution in [-0.4, -0.2) is 4.98 Å². The molecule has 0 unspecified atom stereocenters. The van der Waals surface area contributed by atoms with E-state index in [0.29, 0.717) is 0 Å². The molecule has 1 nitrogen and oxygen atoms in total. The molecule has 0 saturated heterocycles. The van der Waals surface area contributed by atoms with Crippen LogP contribution < -0.4 is 0 Å². The summed E-state index contributed by atoms with van der Waals surface area (Å²) in [4.78, 5) is 4.55. The minimum atomic E-state index is -0.0250. The Labute approximate surface area is 243 Å². The van der Waals surface area contributed by atoms with Gasteiger partial charge < -0.3 is 0 Å². The largest absolute Gasteiger partial charge is 0.256 e. The lowest BCUT2D eigenvalue weighted by atomic mass is 9.75. The molecular weight excluding hydrogens is 550 g/mol. The van der Waals surface area contributed by atoms with Gasteiger partial charge in [-0.25, -0.2) is 0 Å². The molecule has 0 atom stereocenters. The summed E-state index contributed by atoms with van der Waals surface area (Å²) < 4.78 is 1.15. The molecule has 1 heterocycles. The topological polar surface area (TPSA) is 12.9 Å². The summed E-state index contributed by atoms with van der Waals surface area (Å²) in [6, 6.07) is 46.6. The molecule has 1 aromatic heterocycles. The first-order valence-electron chi connectivity index (χ1n) is 13.8. The summed E-state index contributed by atoms with van der Waals surface area (Å²) >= 11 is 3.77. The van der Waals surface area contributed by atoms with Gasteiger partial charge >= 0.3 is 0 Å². The molecule has 2 heteroatoms. The zero-order valence-corrected chi connectivity index (χ0v) is 23.5. The van der Waals surface area contributed by atoms with Crippen molar-refractivity contribution < 1.29 is 0 Å². The smallest absolute Gasteiger partial charge is 0.0702 e. The van der Waals surface area contributed by atoms with E-state index in [0.717, 1.165) is 28.6 Å². The van der Waals surface area contributed by atoms with E-state index in [9.17, 15) is 0 Å². The first-order valence-corrected chi connectivity index (χ1v) is 14.6. The van der Waals surface area contributed by atoms with Gasteiger partial charge in [-0.05, 0) is 111 Å². The van der Waals surface area contributed by atoms with Crippen molar-refractivity contribution in [2.24, 2.45) is 0 Å². The average molecular weight is 577 g/mol. The Balaban J connectivity index is 1.23. The fraction of sp³-hybridized carbons (Fsp3) is 0.0789. The number of fused-ring (bicyclic) bond motifs is 6. The van der Waals surface area contributed by atoms with Crippen molar-refractivity contribution in [2.45, 2.75) is 18.3 Å². The maximum atomic E-state index is 4.55. The van der Waals surface area contributed by atoms with E-state index in [2.05, 4.69) is 136 Å². The van der Waals surface area contributed by atoms with Gasteiger partial charge in [0.2, 0.25) is 0 Å². The Hall–Kier alpha value is -4.27. The lowest BCUT2D eigenvalue weighted by molar-refractivity contribution is 0.563.